The van der Waals surface area contributed by atoms with E-state index < -0.39 is 10.5 Å². The summed E-state index contributed by atoms with van der Waals surface area (Å²) in [6.45, 7) is 1.82. The Bertz CT molecular complexity index is 684. The summed E-state index contributed by atoms with van der Waals surface area (Å²) in [5.74, 6) is 1.75. The summed E-state index contributed by atoms with van der Waals surface area (Å²) >= 11 is 0. The van der Waals surface area contributed by atoms with Gasteiger partial charge in [-0.05, 0) is 43.9 Å². The van der Waals surface area contributed by atoms with E-state index in [0.717, 1.165) is 28.8 Å². The minimum Gasteiger partial charge on any atom is -0.352 e. The number of hydrogen-bond acceptors (Lipinski definition) is 4. The average molecular weight is 319 g/mol. The van der Waals surface area contributed by atoms with Crippen LogP contribution in [0.15, 0.2) is 23.1 Å². The Morgan fingerprint density at radius 2 is 2.22 bits per heavy atom. The minimum atomic E-state index is -0.578. The van der Waals surface area contributed by atoms with Gasteiger partial charge in [-0.1, -0.05) is 6.42 Å². The quantitative estimate of drug-likeness (QED) is 0.660. The van der Waals surface area contributed by atoms with Crippen LogP contribution >= 0.6 is 0 Å². The number of amides is 1. The molecule has 2 bridgehead atoms. The molecule has 1 amide bonds. The van der Waals surface area contributed by atoms with Crippen LogP contribution in [0.3, 0.4) is 0 Å². The van der Waals surface area contributed by atoms with Crippen LogP contribution in [0.2, 0.25) is 0 Å². The first-order valence-electron chi connectivity index (χ1n) is 8.08. The van der Waals surface area contributed by atoms with Crippen molar-refractivity contribution in [2.24, 2.45) is 17.8 Å². The van der Waals surface area contributed by atoms with E-state index in [1.807, 2.05) is 6.92 Å². The molecular formula is C16H21N3O4. The molecule has 0 radical (unpaired) electrons. The molecular weight excluding hydrogens is 298 g/mol. The lowest BCUT2D eigenvalue weighted by Gasteiger charge is -2.28. The lowest BCUT2D eigenvalue weighted by molar-refractivity contribution is -0.385. The molecule has 124 valence electrons. The summed E-state index contributed by atoms with van der Waals surface area (Å²) in [7, 11) is 0. The van der Waals surface area contributed by atoms with Crippen LogP contribution in [0.4, 0.5) is 5.69 Å². The second-order valence-corrected chi connectivity index (χ2v) is 6.81. The number of carbonyl (C=O) groups is 1. The predicted molar refractivity (Wildman–Crippen MR) is 83.9 cm³/mol. The van der Waals surface area contributed by atoms with Crippen molar-refractivity contribution in [3.8, 4) is 0 Å². The molecule has 7 heteroatoms. The van der Waals surface area contributed by atoms with E-state index in [-0.39, 0.29) is 24.2 Å². The summed E-state index contributed by atoms with van der Waals surface area (Å²) < 4.78 is 1.08. The van der Waals surface area contributed by atoms with Crippen LogP contribution in [0.25, 0.3) is 0 Å². The van der Waals surface area contributed by atoms with Crippen LogP contribution < -0.4 is 10.9 Å². The second-order valence-electron chi connectivity index (χ2n) is 6.81. The molecule has 3 rings (SSSR count). The van der Waals surface area contributed by atoms with Gasteiger partial charge in [0.1, 0.15) is 6.54 Å². The van der Waals surface area contributed by atoms with Crippen LogP contribution in [-0.2, 0) is 11.3 Å². The number of nitrogens with one attached hydrogen (secondary N) is 1. The number of nitro groups is 1. The zero-order valence-electron chi connectivity index (χ0n) is 13.1. The fourth-order valence-electron chi connectivity index (χ4n) is 4.22. The van der Waals surface area contributed by atoms with E-state index in [1.165, 1.54) is 25.7 Å². The summed E-state index contributed by atoms with van der Waals surface area (Å²) in [5.41, 5.74) is -0.614. The second kappa shape index (κ2) is 6.14. The molecule has 23 heavy (non-hydrogen) atoms. The van der Waals surface area contributed by atoms with Crippen molar-refractivity contribution in [3.63, 3.8) is 0 Å². The molecule has 0 aliphatic heterocycles. The molecule has 2 aliphatic rings. The van der Waals surface area contributed by atoms with Crippen LogP contribution in [0.5, 0.6) is 0 Å². The number of aromatic nitrogens is 1. The molecule has 2 aliphatic carbocycles. The highest BCUT2D eigenvalue weighted by Crippen LogP contribution is 2.49. The number of pyridine rings is 1. The van der Waals surface area contributed by atoms with Crippen molar-refractivity contribution < 1.29 is 9.72 Å². The molecule has 7 nitrogen and oxygen atoms in total. The van der Waals surface area contributed by atoms with Gasteiger partial charge in [-0.15, -0.1) is 0 Å². The fraction of sp³-hybridized carbons (Fsp3) is 0.625. The van der Waals surface area contributed by atoms with E-state index in [9.17, 15) is 19.7 Å². The smallest absolute Gasteiger partial charge is 0.285 e. The first kappa shape index (κ1) is 15.7. The van der Waals surface area contributed by atoms with Gasteiger partial charge in [0.2, 0.25) is 5.91 Å². The first-order chi connectivity index (χ1) is 10.9. The Hall–Kier alpha value is -2.18. The maximum absolute atomic E-state index is 12.2. The Balaban J connectivity index is 1.62. The molecule has 0 saturated heterocycles. The molecule has 4 atom stereocenters. The van der Waals surface area contributed by atoms with Crippen molar-refractivity contribution >= 4 is 11.6 Å². The molecule has 0 aromatic carbocycles. The molecule has 0 unspecified atom stereocenters. The largest absolute Gasteiger partial charge is 0.352 e. The highest BCUT2D eigenvalue weighted by Gasteiger charge is 2.42. The van der Waals surface area contributed by atoms with Crippen molar-refractivity contribution in [1.29, 1.82) is 0 Å². The third kappa shape index (κ3) is 3.28. The molecule has 1 aromatic heterocycles. The standard InChI is InChI=1S/C16H21N3O4/c1-10(14-7-11-2-3-12(14)6-11)17-15(20)9-18-8-13(19(22)23)4-5-16(18)21/h4-5,8,10-12,14H,2-3,6-7,9H2,1H3,(H,17,20)/t10-,11+,12+,14+/m0/s1. The molecule has 2 saturated carbocycles. The van der Waals surface area contributed by atoms with Gasteiger partial charge in [-0.2, -0.15) is 0 Å². The van der Waals surface area contributed by atoms with Gasteiger partial charge in [0.05, 0.1) is 11.1 Å². The SMILES string of the molecule is C[C@H](NC(=O)Cn1cc([N+](=O)[O-])ccc1=O)[C@H]1C[C@@H]2CC[C@@H]1C2. The van der Waals surface area contributed by atoms with Crippen molar-refractivity contribution in [1.82, 2.24) is 9.88 Å². The monoisotopic (exact) mass is 319 g/mol. The zero-order chi connectivity index (χ0) is 16.6. The lowest BCUT2D eigenvalue weighted by atomic mass is 9.84. The van der Waals surface area contributed by atoms with Gasteiger partial charge < -0.3 is 5.32 Å². The number of hydrogen-bond donors (Lipinski definition) is 1. The molecule has 1 heterocycles. The summed E-state index contributed by atoms with van der Waals surface area (Å²) in [6, 6.07) is 2.34. The van der Waals surface area contributed by atoms with Crippen LogP contribution in [-0.4, -0.2) is 21.4 Å². The topological polar surface area (TPSA) is 94.2 Å². The predicted octanol–water partition coefficient (Wildman–Crippen LogP) is 1.70. The highest BCUT2D eigenvalue weighted by atomic mass is 16.6. The fourth-order valence-corrected chi connectivity index (χ4v) is 4.22. The van der Waals surface area contributed by atoms with Gasteiger partial charge >= 0.3 is 0 Å². The maximum atomic E-state index is 12.2. The Morgan fingerprint density at radius 3 is 2.83 bits per heavy atom. The Morgan fingerprint density at radius 1 is 1.43 bits per heavy atom. The van der Waals surface area contributed by atoms with E-state index in [0.29, 0.717) is 11.8 Å². The number of nitrogens with zero attached hydrogens (tertiary/aromatic N) is 2. The minimum absolute atomic E-state index is 0.0761. The third-order valence-corrected chi connectivity index (χ3v) is 5.32. The first-order valence-corrected chi connectivity index (χ1v) is 8.08. The van der Waals surface area contributed by atoms with E-state index in [4.69, 9.17) is 0 Å². The Labute approximate surface area is 133 Å². The highest BCUT2D eigenvalue weighted by molar-refractivity contribution is 5.76. The van der Waals surface area contributed by atoms with Crippen molar-refractivity contribution in [2.45, 2.75) is 45.2 Å². The molecule has 1 N–H and O–H groups in total. The van der Waals surface area contributed by atoms with Gasteiger partial charge in [-0.3, -0.25) is 24.3 Å². The van der Waals surface area contributed by atoms with Gasteiger partial charge in [0.15, 0.2) is 0 Å². The van der Waals surface area contributed by atoms with Gasteiger partial charge in [0, 0.05) is 18.2 Å². The third-order valence-electron chi connectivity index (χ3n) is 5.32. The molecule has 1 aromatic rings. The zero-order valence-corrected chi connectivity index (χ0v) is 13.1. The number of fused-ring (bicyclic) bond motifs is 2. The van der Waals surface area contributed by atoms with E-state index in [1.54, 1.807) is 0 Å². The summed E-state index contributed by atoms with van der Waals surface area (Å²) in [6.07, 6.45) is 6.12. The van der Waals surface area contributed by atoms with Crippen LogP contribution in [0, 0.1) is 27.9 Å². The molecule has 2 fully saturated rings. The number of carbonyl (C=O) groups excluding carboxylic acids is 1. The average Bonchev–Trinajstić information content (AvgIpc) is 3.12. The van der Waals surface area contributed by atoms with E-state index >= 15 is 0 Å². The van der Waals surface area contributed by atoms with Gasteiger partial charge in [0.25, 0.3) is 11.2 Å². The van der Waals surface area contributed by atoms with Crippen LogP contribution in [0.1, 0.15) is 32.6 Å². The summed E-state index contributed by atoms with van der Waals surface area (Å²) in [4.78, 5) is 34.1. The Kier molecular flexibility index (Phi) is 4.19. The lowest BCUT2D eigenvalue weighted by Crippen LogP contribution is -2.42. The normalized spacial score (nSPS) is 26.9. The van der Waals surface area contributed by atoms with E-state index in [2.05, 4.69) is 5.32 Å². The summed E-state index contributed by atoms with van der Waals surface area (Å²) in [5, 5.41) is 13.7. The number of rotatable bonds is 5. The van der Waals surface area contributed by atoms with Crippen molar-refractivity contribution in [2.75, 3.05) is 0 Å². The van der Waals surface area contributed by atoms with Crippen molar-refractivity contribution in [3.05, 3.63) is 38.8 Å². The molecule has 0 spiro atoms. The maximum Gasteiger partial charge on any atom is 0.285 e. The van der Waals surface area contributed by atoms with Gasteiger partial charge in [-0.25, -0.2) is 0 Å².